The van der Waals surface area contributed by atoms with E-state index in [-0.39, 0.29) is 36.1 Å². The average molecular weight is 560 g/mol. The van der Waals surface area contributed by atoms with Crippen LogP contribution >= 0.6 is 24.0 Å². The first kappa shape index (κ1) is 27.1. The molecule has 1 aromatic carbocycles. The minimum Gasteiger partial charge on any atom is -0.496 e. The lowest BCUT2D eigenvalue weighted by atomic mass is 10.0. The number of para-hydroxylation sites is 1. The van der Waals surface area contributed by atoms with Gasteiger partial charge in [0.1, 0.15) is 5.75 Å². The molecule has 2 atom stereocenters. The SMILES string of the molecule is CN=C(NCC1CN(CC(C)C)CCO1)NCC(c1ccccc1OC)N1CCCC1.I. The Hall–Kier alpha value is -1.10. The molecule has 0 bridgehead atoms. The fourth-order valence-corrected chi connectivity index (χ4v) is 4.64. The Morgan fingerprint density at radius 3 is 2.62 bits per heavy atom. The van der Waals surface area contributed by atoms with E-state index in [0.717, 1.165) is 64.1 Å². The molecule has 2 N–H and O–H groups in total. The molecule has 0 radical (unpaired) electrons. The Labute approximate surface area is 211 Å². The predicted octanol–water partition coefficient (Wildman–Crippen LogP) is 2.97. The van der Waals surface area contributed by atoms with Crippen molar-refractivity contribution in [2.75, 3.05) is 66.6 Å². The van der Waals surface area contributed by atoms with Gasteiger partial charge in [-0.05, 0) is 37.9 Å². The van der Waals surface area contributed by atoms with Gasteiger partial charge in [0.25, 0.3) is 0 Å². The Balaban J connectivity index is 0.00000363. The zero-order valence-corrected chi connectivity index (χ0v) is 22.5. The van der Waals surface area contributed by atoms with E-state index in [9.17, 15) is 0 Å². The van der Waals surface area contributed by atoms with Crippen LogP contribution in [-0.2, 0) is 4.74 Å². The molecular formula is C24H42IN5O2. The summed E-state index contributed by atoms with van der Waals surface area (Å²) in [5, 5.41) is 7.03. The first-order chi connectivity index (χ1) is 15.1. The lowest BCUT2D eigenvalue weighted by molar-refractivity contribution is -0.0284. The monoisotopic (exact) mass is 559 g/mol. The van der Waals surface area contributed by atoms with Gasteiger partial charge in [0, 0.05) is 45.3 Å². The van der Waals surface area contributed by atoms with Crippen LogP contribution in [-0.4, -0.2) is 88.4 Å². The van der Waals surface area contributed by atoms with Gasteiger partial charge in [-0.1, -0.05) is 32.0 Å². The van der Waals surface area contributed by atoms with Crippen molar-refractivity contribution < 1.29 is 9.47 Å². The van der Waals surface area contributed by atoms with E-state index >= 15 is 0 Å². The van der Waals surface area contributed by atoms with Gasteiger partial charge in [-0.2, -0.15) is 0 Å². The number of methoxy groups -OCH3 is 1. The number of halogens is 1. The smallest absolute Gasteiger partial charge is 0.191 e. The normalized spacial score (nSPS) is 21.3. The molecule has 8 heteroatoms. The van der Waals surface area contributed by atoms with Gasteiger partial charge < -0.3 is 20.1 Å². The maximum Gasteiger partial charge on any atom is 0.191 e. The lowest BCUT2D eigenvalue weighted by Crippen LogP contribution is -2.50. The summed E-state index contributed by atoms with van der Waals surface area (Å²) in [5.74, 6) is 2.45. The van der Waals surface area contributed by atoms with Gasteiger partial charge in [0.15, 0.2) is 5.96 Å². The Kier molecular flexibility index (Phi) is 12.1. The quantitative estimate of drug-likeness (QED) is 0.276. The van der Waals surface area contributed by atoms with Crippen molar-refractivity contribution in [2.24, 2.45) is 10.9 Å². The number of hydrogen-bond donors (Lipinski definition) is 2. The fourth-order valence-electron chi connectivity index (χ4n) is 4.64. The highest BCUT2D eigenvalue weighted by Gasteiger charge is 2.26. The van der Waals surface area contributed by atoms with E-state index < -0.39 is 0 Å². The third kappa shape index (κ3) is 8.04. The summed E-state index contributed by atoms with van der Waals surface area (Å²) in [6, 6.07) is 8.61. The summed E-state index contributed by atoms with van der Waals surface area (Å²) in [7, 11) is 3.58. The summed E-state index contributed by atoms with van der Waals surface area (Å²) in [5.41, 5.74) is 1.23. The number of benzene rings is 1. The first-order valence-corrected chi connectivity index (χ1v) is 11.8. The van der Waals surface area contributed by atoms with Crippen LogP contribution < -0.4 is 15.4 Å². The fraction of sp³-hybridized carbons (Fsp3) is 0.708. The molecule has 1 aromatic rings. The molecule has 3 rings (SSSR count). The molecule has 0 amide bonds. The summed E-state index contributed by atoms with van der Waals surface area (Å²) < 4.78 is 11.6. The molecule has 0 aromatic heterocycles. The largest absolute Gasteiger partial charge is 0.496 e. The number of aliphatic imine (C=N–C) groups is 1. The number of likely N-dealkylation sites (tertiary alicyclic amines) is 1. The summed E-state index contributed by atoms with van der Waals surface area (Å²) in [6.07, 6.45) is 2.70. The molecule has 2 heterocycles. The second-order valence-corrected chi connectivity index (χ2v) is 8.98. The van der Waals surface area contributed by atoms with Crippen molar-refractivity contribution in [1.29, 1.82) is 0 Å². The van der Waals surface area contributed by atoms with Crippen LogP contribution in [0.2, 0.25) is 0 Å². The van der Waals surface area contributed by atoms with Crippen LogP contribution in [0.25, 0.3) is 0 Å². The number of guanidine groups is 1. The zero-order chi connectivity index (χ0) is 22.1. The average Bonchev–Trinajstić information content (AvgIpc) is 3.30. The molecule has 0 spiro atoms. The van der Waals surface area contributed by atoms with E-state index in [4.69, 9.17) is 9.47 Å². The molecular weight excluding hydrogens is 517 g/mol. The topological polar surface area (TPSA) is 61.4 Å². The Bertz CT molecular complexity index is 697. The van der Waals surface area contributed by atoms with Crippen LogP contribution in [0.4, 0.5) is 0 Å². The zero-order valence-electron chi connectivity index (χ0n) is 20.2. The molecule has 32 heavy (non-hydrogen) atoms. The van der Waals surface area contributed by atoms with Crippen molar-refractivity contribution in [2.45, 2.75) is 38.8 Å². The molecule has 0 aliphatic carbocycles. The van der Waals surface area contributed by atoms with Crippen molar-refractivity contribution in [3.8, 4) is 5.75 Å². The molecule has 7 nitrogen and oxygen atoms in total. The maximum atomic E-state index is 5.98. The van der Waals surface area contributed by atoms with Crippen molar-refractivity contribution in [3.05, 3.63) is 29.8 Å². The van der Waals surface area contributed by atoms with Crippen molar-refractivity contribution in [3.63, 3.8) is 0 Å². The standard InChI is InChI=1S/C24H41N5O2.HI/c1-19(2)17-28-13-14-31-20(18-28)15-26-24(25-3)27-16-22(29-11-7-8-12-29)21-9-5-6-10-23(21)30-4;/h5-6,9-10,19-20,22H,7-8,11-18H2,1-4H3,(H2,25,26,27);1H. The second-order valence-electron chi connectivity index (χ2n) is 8.98. The summed E-state index contributed by atoms with van der Waals surface area (Å²) >= 11 is 0. The predicted molar refractivity (Wildman–Crippen MR) is 142 cm³/mol. The molecule has 182 valence electrons. The van der Waals surface area contributed by atoms with Gasteiger partial charge in [-0.15, -0.1) is 24.0 Å². The van der Waals surface area contributed by atoms with Crippen LogP contribution in [0.15, 0.2) is 29.3 Å². The van der Waals surface area contributed by atoms with Crippen LogP contribution in [0, 0.1) is 5.92 Å². The molecule has 2 fully saturated rings. The summed E-state index contributed by atoms with van der Waals surface area (Å²) in [6.45, 7) is 12.3. The van der Waals surface area contributed by atoms with Crippen LogP contribution in [0.3, 0.4) is 0 Å². The number of morpholine rings is 1. The third-order valence-electron chi connectivity index (χ3n) is 6.11. The maximum absolute atomic E-state index is 5.98. The minimum absolute atomic E-state index is 0. The van der Waals surface area contributed by atoms with Gasteiger partial charge in [-0.3, -0.25) is 14.8 Å². The molecule has 2 aliphatic rings. The number of ether oxygens (including phenoxy) is 2. The third-order valence-corrected chi connectivity index (χ3v) is 6.11. The van der Waals surface area contributed by atoms with Crippen LogP contribution in [0.1, 0.15) is 38.3 Å². The van der Waals surface area contributed by atoms with Gasteiger partial charge in [0.05, 0.1) is 25.9 Å². The van der Waals surface area contributed by atoms with E-state index in [1.54, 1.807) is 7.11 Å². The summed E-state index contributed by atoms with van der Waals surface area (Å²) in [4.78, 5) is 9.50. The van der Waals surface area contributed by atoms with Crippen molar-refractivity contribution >= 4 is 29.9 Å². The van der Waals surface area contributed by atoms with Crippen molar-refractivity contribution in [1.82, 2.24) is 20.4 Å². The van der Waals surface area contributed by atoms with E-state index in [1.165, 1.54) is 18.4 Å². The number of nitrogens with zero attached hydrogens (tertiary/aromatic N) is 3. The highest BCUT2D eigenvalue weighted by molar-refractivity contribution is 14.0. The van der Waals surface area contributed by atoms with Crippen LogP contribution in [0.5, 0.6) is 5.75 Å². The highest BCUT2D eigenvalue weighted by Crippen LogP contribution is 2.31. The van der Waals surface area contributed by atoms with E-state index in [0.29, 0.717) is 5.92 Å². The molecule has 2 saturated heterocycles. The minimum atomic E-state index is 0. The second kappa shape index (κ2) is 14.2. The number of hydrogen-bond acceptors (Lipinski definition) is 5. The Morgan fingerprint density at radius 1 is 1.19 bits per heavy atom. The van der Waals surface area contributed by atoms with Gasteiger partial charge in [0.2, 0.25) is 0 Å². The van der Waals surface area contributed by atoms with Gasteiger partial charge >= 0.3 is 0 Å². The lowest BCUT2D eigenvalue weighted by Gasteiger charge is -2.34. The Morgan fingerprint density at radius 2 is 1.94 bits per heavy atom. The molecule has 2 aliphatic heterocycles. The van der Waals surface area contributed by atoms with E-state index in [1.807, 2.05) is 13.1 Å². The first-order valence-electron chi connectivity index (χ1n) is 11.8. The van der Waals surface area contributed by atoms with Gasteiger partial charge in [-0.25, -0.2) is 0 Å². The molecule has 2 unspecified atom stereocenters. The molecule has 0 saturated carbocycles. The van der Waals surface area contributed by atoms with E-state index in [2.05, 4.69) is 57.5 Å². The highest BCUT2D eigenvalue weighted by atomic mass is 127. The number of rotatable bonds is 9. The number of nitrogens with one attached hydrogen (secondary N) is 2.